The number of nitrogens with one attached hydrogen (secondary N) is 1. The number of carboxylic acid groups (broad SMARTS) is 1. The second kappa shape index (κ2) is 9.74. The van der Waals surface area contributed by atoms with Crippen molar-refractivity contribution in [2.45, 2.75) is 24.6 Å². The number of aliphatic hydroxyl groups is 1. The summed E-state index contributed by atoms with van der Waals surface area (Å²) in [6.45, 7) is 0.0867. The quantitative estimate of drug-likeness (QED) is 0.145. The molecule has 2 amide bonds. The Bertz CT molecular complexity index is 1210. The zero-order valence-electron chi connectivity index (χ0n) is 17.7. The number of hydrogen-bond acceptors (Lipinski definition) is 11. The van der Waals surface area contributed by atoms with Crippen LogP contribution in [0.2, 0.25) is 0 Å². The largest absolute Gasteiger partial charge is 0.477 e. The summed E-state index contributed by atoms with van der Waals surface area (Å²) in [5.41, 5.74) is 6.42. The van der Waals surface area contributed by atoms with E-state index in [0.717, 1.165) is 11.5 Å². The van der Waals surface area contributed by atoms with Crippen LogP contribution in [-0.4, -0.2) is 72.2 Å². The van der Waals surface area contributed by atoms with Crippen molar-refractivity contribution < 1.29 is 34.0 Å². The Kier molecular flexibility index (Phi) is 6.76. The van der Waals surface area contributed by atoms with Gasteiger partial charge in [-0.15, -0.1) is 11.8 Å². The molecule has 13 nitrogen and oxygen atoms in total. The number of aliphatic carboxylic acids is 1. The molecule has 0 aromatic carbocycles. The van der Waals surface area contributed by atoms with Gasteiger partial charge in [-0.25, -0.2) is 9.36 Å². The van der Waals surface area contributed by atoms with Gasteiger partial charge in [-0.3, -0.25) is 14.5 Å². The molecule has 1 fully saturated rings. The van der Waals surface area contributed by atoms with Gasteiger partial charge in [-0.05, 0) is 6.07 Å². The number of fused-ring (bicyclic) bond motifs is 1. The minimum absolute atomic E-state index is 0.0442. The van der Waals surface area contributed by atoms with Crippen molar-refractivity contribution in [2.75, 3.05) is 18.6 Å². The molecule has 0 bridgehead atoms. The Morgan fingerprint density at radius 3 is 2.91 bits per heavy atom. The summed E-state index contributed by atoms with van der Waals surface area (Å²) in [7, 11) is 1.25. The van der Waals surface area contributed by atoms with Gasteiger partial charge in [-0.2, -0.15) is 9.36 Å². The number of hydrogen-bond donors (Lipinski definition) is 4. The van der Waals surface area contributed by atoms with Crippen molar-refractivity contribution in [2.24, 2.45) is 5.16 Å². The number of thioether (sulfide) groups is 1. The first kappa shape index (κ1) is 23.6. The molecular weight excluding hydrogens is 486 g/mol. The summed E-state index contributed by atoms with van der Waals surface area (Å²) in [5.74, 6) is -2.25. The SMILES string of the molecule is CON=C(C(=O)NC1C(=O)N2C(C(=O)O)=C(C[n+]3cccc(CO)c3)CS[C@H]12)c1nsc(N)n1. The lowest BCUT2D eigenvalue weighted by Gasteiger charge is -2.49. The Hall–Kier alpha value is -3.56. The maximum atomic E-state index is 12.9. The molecule has 2 atom stereocenters. The Morgan fingerprint density at radius 2 is 2.26 bits per heavy atom. The summed E-state index contributed by atoms with van der Waals surface area (Å²) < 4.78 is 5.68. The molecule has 178 valence electrons. The van der Waals surface area contributed by atoms with Crippen LogP contribution in [0.1, 0.15) is 11.4 Å². The number of oxime groups is 1. The van der Waals surface area contributed by atoms with Crippen molar-refractivity contribution >= 4 is 51.9 Å². The zero-order valence-corrected chi connectivity index (χ0v) is 19.4. The van der Waals surface area contributed by atoms with Crippen LogP contribution in [-0.2, 0) is 32.4 Å². The maximum absolute atomic E-state index is 12.9. The molecule has 5 N–H and O–H groups in total. The Balaban J connectivity index is 1.53. The maximum Gasteiger partial charge on any atom is 0.352 e. The fourth-order valence-electron chi connectivity index (χ4n) is 3.61. The van der Waals surface area contributed by atoms with Gasteiger partial charge in [0.2, 0.25) is 11.5 Å². The number of nitrogen functional groups attached to an aromatic ring is 1. The monoisotopic (exact) mass is 506 g/mol. The van der Waals surface area contributed by atoms with E-state index < -0.39 is 29.2 Å². The van der Waals surface area contributed by atoms with Crippen LogP contribution in [0.15, 0.2) is 41.0 Å². The predicted octanol–water partition coefficient (Wildman–Crippen LogP) is -1.31. The predicted molar refractivity (Wildman–Crippen MR) is 120 cm³/mol. The molecular formula is C19H20N7O6S2+. The highest BCUT2D eigenvalue weighted by atomic mass is 32.2. The topological polar surface area (TPSA) is 184 Å². The van der Waals surface area contributed by atoms with E-state index in [1.807, 2.05) is 0 Å². The van der Waals surface area contributed by atoms with E-state index in [9.17, 15) is 24.6 Å². The van der Waals surface area contributed by atoms with Gasteiger partial charge < -0.3 is 26.1 Å². The third-order valence-corrected chi connectivity index (χ3v) is 6.95. The number of β-lactam (4-membered cyclic amide) rings is 1. The average molecular weight is 507 g/mol. The molecule has 2 aromatic rings. The van der Waals surface area contributed by atoms with Crippen LogP contribution in [0.3, 0.4) is 0 Å². The second-order valence-electron chi connectivity index (χ2n) is 7.24. The fourth-order valence-corrected chi connectivity index (χ4v) is 5.38. The van der Waals surface area contributed by atoms with E-state index in [1.165, 1.54) is 23.8 Å². The molecule has 0 radical (unpaired) electrons. The lowest BCUT2D eigenvalue weighted by Crippen LogP contribution is -2.71. The molecule has 0 saturated carbocycles. The average Bonchev–Trinajstić information content (AvgIpc) is 3.26. The number of carbonyl (C=O) groups excluding carboxylic acids is 2. The van der Waals surface area contributed by atoms with Crippen LogP contribution < -0.4 is 15.6 Å². The zero-order chi connectivity index (χ0) is 24.4. The highest BCUT2D eigenvalue weighted by Crippen LogP contribution is 2.40. The molecule has 0 aliphatic carbocycles. The molecule has 1 unspecified atom stereocenters. The molecule has 15 heteroatoms. The third-order valence-electron chi connectivity index (χ3n) is 5.06. The van der Waals surface area contributed by atoms with Crippen molar-refractivity contribution in [3.8, 4) is 0 Å². The number of anilines is 1. The van der Waals surface area contributed by atoms with Crippen LogP contribution in [0.4, 0.5) is 5.13 Å². The van der Waals surface area contributed by atoms with Gasteiger partial charge in [0, 0.05) is 34.5 Å². The van der Waals surface area contributed by atoms with Gasteiger partial charge in [0.1, 0.15) is 24.2 Å². The van der Waals surface area contributed by atoms with E-state index in [1.54, 1.807) is 29.1 Å². The standard InChI is InChI=1S/C19H19N7O6S2/c1-32-23-11(14-22-19(20)34-24-14)15(28)21-12-16(29)26-13(18(30)31)10(8-33-17(12)26)6-25-4-2-3-9(5-25)7-27/h2-5,12,17,27H,6-8H2,1H3,(H3-,20,21,22,24,28,30,31)/p+1/t12?,17-/m1/s1. The molecule has 4 rings (SSSR count). The number of carboxylic acids is 1. The molecule has 1 saturated heterocycles. The minimum atomic E-state index is -1.24. The van der Waals surface area contributed by atoms with E-state index >= 15 is 0 Å². The lowest BCUT2D eigenvalue weighted by molar-refractivity contribution is -0.689. The molecule has 0 spiro atoms. The van der Waals surface area contributed by atoms with Gasteiger partial charge in [0.15, 0.2) is 24.1 Å². The third kappa shape index (κ3) is 4.44. The molecule has 2 aliphatic heterocycles. The summed E-state index contributed by atoms with van der Waals surface area (Å²) >= 11 is 2.21. The molecule has 4 heterocycles. The van der Waals surface area contributed by atoms with E-state index in [2.05, 4.69) is 19.8 Å². The smallest absolute Gasteiger partial charge is 0.352 e. The van der Waals surface area contributed by atoms with E-state index in [-0.39, 0.29) is 35.5 Å². The first-order valence-electron chi connectivity index (χ1n) is 9.84. The van der Waals surface area contributed by atoms with Gasteiger partial charge in [0.25, 0.3) is 11.8 Å². The molecule has 2 aromatic heterocycles. The van der Waals surface area contributed by atoms with Gasteiger partial charge in [-0.1, -0.05) is 5.16 Å². The van der Waals surface area contributed by atoms with E-state index in [0.29, 0.717) is 16.9 Å². The van der Waals surface area contributed by atoms with Crippen molar-refractivity contribution in [1.29, 1.82) is 0 Å². The van der Waals surface area contributed by atoms with Crippen molar-refractivity contribution in [1.82, 2.24) is 19.6 Å². The van der Waals surface area contributed by atoms with Gasteiger partial charge in [0.05, 0.1) is 6.61 Å². The number of rotatable bonds is 8. The first-order chi connectivity index (χ1) is 16.3. The highest BCUT2D eigenvalue weighted by Gasteiger charge is 2.54. The Labute approximate surface area is 201 Å². The number of nitrogens with zero attached hydrogens (tertiary/aromatic N) is 5. The normalized spacial score (nSPS) is 20.0. The summed E-state index contributed by atoms with van der Waals surface area (Å²) in [6.07, 6.45) is 3.46. The summed E-state index contributed by atoms with van der Waals surface area (Å²) in [5, 5.41) is 24.9. The number of aliphatic hydroxyl groups excluding tert-OH is 1. The Morgan fingerprint density at radius 1 is 1.47 bits per heavy atom. The summed E-state index contributed by atoms with van der Waals surface area (Å²) in [6, 6.07) is 2.53. The van der Waals surface area contributed by atoms with Crippen LogP contribution in [0.25, 0.3) is 0 Å². The number of carbonyl (C=O) groups is 3. The van der Waals surface area contributed by atoms with Crippen molar-refractivity contribution in [3.63, 3.8) is 0 Å². The molecule has 34 heavy (non-hydrogen) atoms. The van der Waals surface area contributed by atoms with Crippen LogP contribution in [0, 0.1) is 0 Å². The first-order valence-corrected chi connectivity index (χ1v) is 11.7. The number of amides is 2. The second-order valence-corrected chi connectivity index (χ2v) is 9.13. The van der Waals surface area contributed by atoms with Crippen LogP contribution in [0.5, 0.6) is 0 Å². The minimum Gasteiger partial charge on any atom is -0.477 e. The van der Waals surface area contributed by atoms with Crippen molar-refractivity contribution in [3.05, 3.63) is 47.2 Å². The highest BCUT2D eigenvalue weighted by molar-refractivity contribution is 8.00. The number of aromatic nitrogens is 3. The number of nitrogens with two attached hydrogens (primary N) is 1. The van der Waals surface area contributed by atoms with E-state index in [4.69, 9.17) is 10.6 Å². The molecule has 2 aliphatic rings. The van der Waals surface area contributed by atoms with Crippen LogP contribution >= 0.6 is 23.3 Å². The van der Waals surface area contributed by atoms with Gasteiger partial charge >= 0.3 is 5.97 Å². The number of pyridine rings is 1. The fraction of sp³-hybridized carbons (Fsp3) is 0.316. The summed E-state index contributed by atoms with van der Waals surface area (Å²) in [4.78, 5) is 47.5. The lowest BCUT2D eigenvalue weighted by atomic mass is 10.0.